The Morgan fingerprint density at radius 3 is 1.37 bits per heavy atom. The summed E-state index contributed by atoms with van der Waals surface area (Å²) in [4.78, 5) is 29.5. The predicted octanol–water partition coefficient (Wildman–Crippen LogP) is 6.06. The first-order valence-electron chi connectivity index (χ1n) is 13.6. The van der Waals surface area contributed by atoms with Crippen molar-refractivity contribution in [3.63, 3.8) is 0 Å². The van der Waals surface area contributed by atoms with Crippen LogP contribution in [0.2, 0.25) is 0 Å². The van der Waals surface area contributed by atoms with Gasteiger partial charge in [-0.25, -0.2) is 0 Å². The molecule has 5 heteroatoms. The number of hydrogen-bond donors (Lipinski definition) is 0. The predicted molar refractivity (Wildman–Crippen MR) is 175 cm³/mol. The first kappa shape index (κ1) is 26.8. The first-order chi connectivity index (χ1) is 20.1. The van der Waals surface area contributed by atoms with Crippen molar-refractivity contribution in [3.05, 3.63) is 162 Å². The van der Waals surface area contributed by atoms with Gasteiger partial charge in [0.25, 0.3) is 11.8 Å². The Kier molecular flexibility index (Phi) is 7.61. The zero-order valence-corrected chi connectivity index (χ0v) is 24.0. The summed E-state index contributed by atoms with van der Waals surface area (Å²) < 4.78 is 0. The van der Waals surface area contributed by atoms with E-state index in [1.54, 1.807) is 24.3 Å². The highest BCUT2D eigenvalue weighted by Crippen LogP contribution is 2.44. The third-order valence-corrected chi connectivity index (χ3v) is 12.1. The molecule has 1 aliphatic rings. The fourth-order valence-corrected chi connectivity index (χ4v) is 10.1. The minimum Gasteiger partial charge on any atom is -0.269 e. The molecule has 1 aliphatic heterocycles. The van der Waals surface area contributed by atoms with Crippen LogP contribution in [0.5, 0.6) is 0 Å². The average molecular weight is 570 g/mol. The highest BCUT2D eigenvalue weighted by atomic mass is 32.1. The zero-order chi connectivity index (χ0) is 28.2. The van der Waals surface area contributed by atoms with Crippen molar-refractivity contribution in [2.45, 2.75) is 12.5 Å². The molecule has 3 nitrogen and oxygen atoms in total. The summed E-state index contributed by atoms with van der Waals surface area (Å²) >= 11 is 6.30. The number of imide groups is 1. The van der Waals surface area contributed by atoms with Crippen molar-refractivity contribution in [3.8, 4) is 0 Å². The number of amides is 2. The lowest BCUT2D eigenvalue weighted by Gasteiger charge is -2.32. The van der Waals surface area contributed by atoms with E-state index < -0.39 is 12.9 Å². The molecule has 0 aliphatic carbocycles. The van der Waals surface area contributed by atoms with E-state index in [1.165, 1.54) is 4.90 Å². The Bertz CT molecular complexity index is 1630. The van der Waals surface area contributed by atoms with E-state index in [2.05, 4.69) is 78.6 Å². The number of rotatable bonds is 8. The zero-order valence-electron chi connectivity index (χ0n) is 22.3. The molecule has 2 amide bonds. The van der Waals surface area contributed by atoms with Gasteiger partial charge in [-0.15, -0.1) is 0 Å². The van der Waals surface area contributed by atoms with E-state index in [-0.39, 0.29) is 11.8 Å². The monoisotopic (exact) mass is 569 g/mol. The van der Waals surface area contributed by atoms with Crippen LogP contribution in [0.1, 0.15) is 26.3 Å². The molecular formula is C36H28NO2PS. The van der Waals surface area contributed by atoms with Gasteiger partial charge in [0, 0.05) is 4.86 Å². The molecule has 0 fully saturated rings. The van der Waals surface area contributed by atoms with E-state index in [0.717, 1.165) is 21.5 Å². The van der Waals surface area contributed by atoms with Gasteiger partial charge >= 0.3 is 0 Å². The lowest BCUT2D eigenvalue weighted by atomic mass is 10.0. The SMILES string of the molecule is O=C1c2ccccc2C(=O)N1C(Cc1ccccc1)C(=S)C=P(c1ccccc1)(c1ccccc1)c1ccccc1. The van der Waals surface area contributed by atoms with E-state index in [9.17, 15) is 9.59 Å². The maximum absolute atomic E-state index is 13.8. The third kappa shape index (κ3) is 5.02. The Labute approximate surface area is 246 Å². The molecule has 0 N–H and O–H groups in total. The van der Waals surface area contributed by atoms with Crippen molar-refractivity contribution in [1.82, 2.24) is 4.90 Å². The molecule has 0 spiro atoms. The van der Waals surface area contributed by atoms with E-state index in [4.69, 9.17) is 12.2 Å². The minimum atomic E-state index is -2.44. The van der Waals surface area contributed by atoms with Gasteiger partial charge in [0.05, 0.1) is 17.2 Å². The molecule has 1 atom stereocenters. The molecule has 41 heavy (non-hydrogen) atoms. The summed E-state index contributed by atoms with van der Waals surface area (Å²) in [5, 5.41) is 3.46. The van der Waals surface area contributed by atoms with Crippen LogP contribution < -0.4 is 15.9 Å². The molecule has 5 aromatic carbocycles. The van der Waals surface area contributed by atoms with Crippen LogP contribution >= 0.6 is 19.1 Å². The lowest BCUT2D eigenvalue weighted by molar-refractivity contribution is 0.0628. The highest BCUT2D eigenvalue weighted by Gasteiger charge is 2.41. The Morgan fingerprint density at radius 2 is 0.951 bits per heavy atom. The molecule has 200 valence electrons. The Hall–Kier alpha value is -4.37. The van der Waals surface area contributed by atoms with Crippen LogP contribution in [0.3, 0.4) is 0 Å². The van der Waals surface area contributed by atoms with E-state index in [1.807, 2.05) is 48.5 Å². The van der Waals surface area contributed by atoms with Gasteiger partial charge < -0.3 is 0 Å². The summed E-state index contributed by atoms with van der Waals surface area (Å²) in [5.74, 6) is 1.59. The second kappa shape index (κ2) is 11.6. The number of carbonyl (C=O) groups is 2. The van der Waals surface area contributed by atoms with Gasteiger partial charge in [0.2, 0.25) is 0 Å². The van der Waals surface area contributed by atoms with Crippen molar-refractivity contribution >= 4 is 57.5 Å². The van der Waals surface area contributed by atoms with Crippen LogP contribution in [0.25, 0.3) is 0 Å². The van der Waals surface area contributed by atoms with Crippen molar-refractivity contribution in [1.29, 1.82) is 0 Å². The standard InChI is InChI=1S/C36H28NO2PS/c38-35-31-23-13-14-24-32(31)36(39)37(35)33(25-27-15-5-1-6-16-27)34(41)26-40(28-17-7-2-8-18-28,29-19-9-3-10-20-29)30-21-11-4-12-22-30/h1-24,26,33H,25H2. The number of hydrogen-bond acceptors (Lipinski definition) is 3. The minimum absolute atomic E-state index is 0.301. The summed E-state index contributed by atoms with van der Waals surface area (Å²) in [7, 11) is 0. The molecular weight excluding hydrogens is 541 g/mol. The summed E-state index contributed by atoms with van der Waals surface area (Å²) in [6, 6.07) is 47.6. The summed E-state index contributed by atoms with van der Waals surface area (Å²) in [5.41, 5.74) is 1.86. The molecule has 0 saturated heterocycles. The topological polar surface area (TPSA) is 37.4 Å². The average Bonchev–Trinajstić information content (AvgIpc) is 3.29. The quantitative estimate of drug-likeness (QED) is 0.130. The lowest BCUT2D eigenvalue weighted by Crippen LogP contribution is -2.46. The number of nitrogens with zero attached hydrogens (tertiary/aromatic N) is 1. The van der Waals surface area contributed by atoms with Crippen molar-refractivity contribution < 1.29 is 9.59 Å². The Morgan fingerprint density at radius 1 is 0.585 bits per heavy atom. The van der Waals surface area contributed by atoms with Gasteiger partial charge in [-0.3, -0.25) is 14.5 Å². The molecule has 5 aromatic rings. The van der Waals surface area contributed by atoms with Crippen LogP contribution in [0.15, 0.2) is 146 Å². The summed E-state index contributed by atoms with van der Waals surface area (Å²) in [6.45, 7) is -2.44. The maximum atomic E-state index is 13.8. The number of fused-ring (bicyclic) bond motifs is 1. The normalized spacial score (nSPS) is 13.5. The second-order valence-electron chi connectivity index (χ2n) is 9.99. The van der Waals surface area contributed by atoms with E-state index >= 15 is 0 Å². The van der Waals surface area contributed by atoms with Gasteiger partial charge in [-0.2, -0.15) is 0 Å². The molecule has 1 heterocycles. The highest BCUT2D eigenvalue weighted by molar-refractivity contribution is 7.97. The number of carbonyl (C=O) groups excluding carboxylic acids is 2. The Balaban J connectivity index is 1.59. The molecule has 0 radical (unpaired) electrons. The fraction of sp³-hybridized carbons (Fsp3) is 0.0556. The molecule has 0 bridgehead atoms. The van der Waals surface area contributed by atoms with Crippen LogP contribution in [-0.2, 0) is 6.42 Å². The number of thiocarbonyl (C=S) groups is 1. The molecule has 1 unspecified atom stereocenters. The second-order valence-corrected chi connectivity index (χ2v) is 13.7. The molecule has 0 aromatic heterocycles. The van der Waals surface area contributed by atoms with Crippen molar-refractivity contribution in [2.24, 2.45) is 0 Å². The summed E-state index contributed by atoms with van der Waals surface area (Å²) in [6.07, 6.45) is 0.431. The molecule has 6 rings (SSSR count). The van der Waals surface area contributed by atoms with Crippen LogP contribution in [-0.4, -0.2) is 33.4 Å². The van der Waals surface area contributed by atoms with Gasteiger partial charge in [-0.05, 0) is 52.7 Å². The molecule has 0 saturated carbocycles. The van der Waals surface area contributed by atoms with E-state index in [0.29, 0.717) is 22.4 Å². The van der Waals surface area contributed by atoms with Gasteiger partial charge in [0.15, 0.2) is 0 Å². The van der Waals surface area contributed by atoms with Crippen LogP contribution in [0, 0.1) is 0 Å². The maximum Gasteiger partial charge on any atom is 0.262 e. The number of benzene rings is 5. The third-order valence-electron chi connectivity index (χ3n) is 7.55. The largest absolute Gasteiger partial charge is 0.269 e. The smallest absolute Gasteiger partial charge is 0.262 e. The van der Waals surface area contributed by atoms with Gasteiger partial charge in [0.1, 0.15) is 0 Å². The fourth-order valence-electron chi connectivity index (χ4n) is 5.58. The first-order valence-corrected chi connectivity index (χ1v) is 15.8. The van der Waals surface area contributed by atoms with Crippen molar-refractivity contribution in [2.75, 3.05) is 0 Å². The van der Waals surface area contributed by atoms with Crippen LogP contribution in [0.4, 0.5) is 0 Å². The van der Waals surface area contributed by atoms with Gasteiger partial charge in [-0.1, -0.05) is 146 Å².